The maximum Gasteiger partial charge on any atom is 0.259 e. The van der Waals surface area contributed by atoms with E-state index in [9.17, 15) is 4.79 Å². The van der Waals surface area contributed by atoms with Gasteiger partial charge in [0.05, 0.1) is 30.2 Å². The van der Waals surface area contributed by atoms with Crippen molar-refractivity contribution in [2.75, 3.05) is 45.9 Å². The highest BCUT2D eigenvalue weighted by Gasteiger charge is 2.28. The van der Waals surface area contributed by atoms with Crippen molar-refractivity contribution in [2.24, 2.45) is 0 Å². The fraction of sp³-hybridized carbons (Fsp3) is 0.619. The molecule has 0 saturated carbocycles. The molecule has 1 aromatic carbocycles. The fourth-order valence-electron chi connectivity index (χ4n) is 4.20. The number of H-pyrrole nitrogens is 1. The first-order valence-electron chi connectivity index (χ1n) is 10.2. The molecule has 0 amide bonds. The molecule has 2 fully saturated rings. The minimum atomic E-state index is -0.0113. The van der Waals surface area contributed by atoms with Gasteiger partial charge < -0.3 is 14.6 Å². The molecule has 0 unspecified atom stereocenters. The van der Waals surface area contributed by atoms with E-state index in [1.54, 1.807) is 0 Å². The van der Waals surface area contributed by atoms with Gasteiger partial charge in [0, 0.05) is 26.2 Å². The van der Waals surface area contributed by atoms with Gasteiger partial charge in [-0.05, 0) is 44.4 Å². The minimum Gasteiger partial charge on any atom is -0.378 e. The summed E-state index contributed by atoms with van der Waals surface area (Å²) in [5, 5.41) is 0.763. The lowest BCUT2D eigenvalue weighted by molar-refractivity contribution is -0.0768. The van der Waals surface area contributed by atoms with Gasteiger partial charge in [-0.25, -0.2) is 4.98 Å². The fourth-order valence-corrected chi connectivity index (χ4v) is 4.20. The molecular weight excluding hydrogens is 340 g/mol. The molecule has 4 rings (SSSR count). The highest BCUT2D eigenvalue weighted by molar-refractivity contribution is 5.81. The summed E-state index contributed by atoms with van der Waals surface area (Å²) in [6.07, 6.45) is 4.49. The van der Waals surface area contributed by atoms with Gasteiger partial charge in [-0.2, -0.15) is 0 Å². The number of benzene rings is 1. The van der Waals surface area contributed by atoms with Crippen molar-refractivity contribution in [1.82, 2.24) is 19.8 Å². The molecule has 1 N–H and O–H groups in total. The first-order valence-corrected chi connectivity index (χ1v) is 10.2. The molecular formula is C21H30N4O2. The molecule has 0 spiro atoms. The predicted molar refractivity (Wildman–Crippen MR) is 107 cm³/mol. The Morgan fingerprint density at radius 1 is 1.15 bits per heavy atom. The standard InChI is InChI=1S/C21H30N4O2/c1-16-22-19-8-5-7-17(20(19)21(26)23-16)6-3-2-4-9-24-10-12-25(13-11-24)18-14-27-15-18/h5,7-8,18H,2-4,6,9-15H2,1H3,(H,22,23,26). The van der Waals surface area contributed by atoms with Crippen LogP contribution in [0.15, 0.2) is 23.0 Å². The van der Waals surface area contributed by atoms with Crippen molar-refractivity contribution < 1.29 is 4.74 Å². The van der Waals surface area contributed by atoms with Crippen molar-refractivity contribution in [3.63, 3.8) is 0 Å². The topological polar surface area (TPSA) is 61.5 Å². The summed E-state index contributed by atoms with van der Waals surface area (Å²) in [7, 11) is 0. The van der Waals surface area contributed by atoms with Crippen LogP contribution < -0.4 is 5.56 Å². The second kappa shape index (κ2) is 8.50. The largest absolute Gasteiger partial charge is 0.378 e. The molecule has 3 heterocycles. The van der Waals surface area contributed by atoms with Gasteiger partial charge in [0.15, 0.2) is 0 Å². The lowest BCUT2D eigenvalue weighted by Crippen LogP contribution is -2.56. The summed E-state index contributed by atoms with van der Waals surface area (Å²) in [5.41, 5.74) is 1.92. The van der Waals surface area contributed by atoms with Crippen LogP contribution in [-0.2, 0) is 11.2 Å². The Hall–Kier alpha value is -1.76. The van der Waals surface area contributed by atoms with E-state index in [0.717, 1.165) is 42.5 Å². The second-order valence-corrected chi connectivity index (χ2v) is 7.84. The highest BCUT2D eigenvalue weighted by Crippen LogP contribution is 2.17. The molecule has 2 saturated heterocycles. The van der Waals surface area contributed by atoms with E-state index in [1.165, 1.54) is 45.6 Å². The third-order valence-corrected chi connectivity index (χ3v) is 5.90. The molecule has 27 heavy (non-hydrogen) atoms. The van der Waals surface area contributed by atoms with Crippen molar-refractivity contribution in [2.45, 2.75) is 38.6 Å². The summed E-state index contributed by atoms with van der Waals surface area (Å²) < 4.78 is 5.30. The number of rotatable bonds is 7. The number of nitrogens with zero attached hydrogens (tertiary/aromatic N) is 3. The van der Waals surface area contributed by atoms with Gasteiger partial charge in [0.2, 0.25) is 0 Å². The van der Waals surface area contributed by atoms with Gasteiger partial charge in [0.25, 0.3) is 5.56 Å². The normalized spacial score (nSPS) is 19.4. The summed E-state index contributed by atoms with van der Waals surface area (Å²) >= 11 is 0. The molecule has 2 aliphatic rings. The van der Waals surface area contributed by atoms with Gasteiger partial charge in [-0.1, -0.05) is 18.6 Å². The lowest BCUT2D eigenvalue weighted by atomic mass is 10.0. The van der Waals surface area contributed by atoms with E-state index in [-0.39, 0.29) is 5.56 Å². The van der Waals surface area contributed by atoms with E-state index in [2.05, 4.69) is 25.8 Å². The third-order valence-electron chi connectivity index (χ3n) is 5.90. The Labute approximate surface area is 160 Å². The van der Waals surface area contributed by atoms with Crippen LogP contribution in [0.5, 0.6) is 0 Å². The lowest BCUT2D eigenvalue weighted by Gasteiger charge is -2.42. The molecule has 1 aromatic heterocycles. The molecule has 2 aromatic rings. The number of aromatic nitrogens is 2. The third kappa shape index (κ3) is 4.39. The monoisotopic (exact) mass is 370 g/mol. The molecule has 0 aliphatic carbocycles. The SMILES string of the molecule is Cc1nc2cccc(CCCCCN3CCN(C4COC4)CC3)c2c(=O)[nH]1. The minimum absolute atomic E-state index is 0.0113. The summed E-state index contributed by atoms with van der Waals surface area (Å²) in [6.45, 7) is 9.58. The van der Waals surface area contributed by atoms with Crippen LogP contribution in [0.3, 0.4) is 0 Å². The molecule has 2 aliphatic heterocycles. The van der Waals surface area contributed by atoms with Crippen molar-refractivity contribution in [1.29, 1.82) is 0 Å². The number of hydrogen-bond donors (Lipinski definition) is 1. The van der Waals surface area contributed by atoms with Crippen molar-refractivity contribution in [3.05, 3.63) is 39.9 Å². The van der Waals surface area contributed by atoms with Gasteiger partial charge in [0.1, 0.15) is 5.82 Å². The smallest absolute Gasteiger partial charge is 0.259 e. The number of piperazine rings is 1. The first kappa shape index (κ1) is 18.6. The van der Waals surface area contributed by atoms with E-state index in [1.807, 2.05) is 19.1 Å². The van der Waals surface area contributed by atoms with Crippen molar-refractivity contribution in [3.8, 4) is 0 Å². The van der Waals surface area contributed by atoms with E-state index in [4.69, 9.17) is 4.74 Å². The summed E-state index contributed by atoms with van der Waals surface area (Å²) in [5.74, 6) is 0.676. The van der Waals surface area contributed by atoms with Crippen LogP contribution in [0, 0.1) is 6.92 Å². The number of aromatic amines is 1. The molecule has 0 radical (unpaired) electrons. The van der Waals surface area contributed by atoms with Crippen LogP contribution in [0.2, 0.25) is 0 Å². The zero-order valence-corrected chi connectivity index (χ0v) is 16.2. The molecule has 0 atom stereocenters. The molecule has 0 bridgehead atoms. The van der Waals surface area contributed by atoms with E-state index >= 15 is 0 Å². The number of unbranched alkanes of at least 4 members (excludes halogenated alkanes) is 2. The van der Waals surface area contributed by atoms with Crippen LogP contribution in [-0.4, -0.2) is 71.7 Å². The zero-order chi connectivity index (χ0) is 18.6. The quantitative estimate of drug-likeness (QED) is 0.755. The maximum atomic E-state index is 12.3. The highest BCUT2D eigenvalue weighted by atomic mass is 16.5. The Bertz CT molecular complexity index is 823. The van der Waals surface area contributed by atoms with Gasteiger partial charge in [-0.15, -0.1) is 0 Å². The van der Waals surface area contributed by atoms with Crippen LogP contribution >= 0.6 is 0 Å². The van der Waals surface area contributed by atoms with E-state index in [0.29, 0.717) is 11.9 Å². The number of ether oxygens (including phenoxy) is 1. The second-order valence-electron chi connectivity index (χ2n) is 7.84. The Balaban J connectivity index is 1.21. The average molecular weight is 370 g/mol. The zero-order valence-electron chi connectivity index (χ0n) is 16.2. The molecule has 6 heteroatoms. The number of nitrogens with one attached hydrogen (secondary N) is 1. The number of fused-ring (bicyclic) bond motifs is 1. The summed E-state index contributed by atoms with van der Waals surface area (Å²) in [6, 6.07) is 6.68. The number of aryl methyl sites for hydroxylation is 2. The van der Waals surface area contributed by atoms with Crippen LogP contribution in [0.4, 0.5) is 0 Å². The van der Waals surface area contributed by atoms with Crippen LogP contribution in [0.25, 0.3) is 10.9 Å². The molecule has 146 valence electrons. The number of hydrogen-bond acceptors (Lipinski definition) is 5. The Morgan fingerprint density at radius 2 is 1.96 bits per heavy atom. The molecule has 6 nitrogen and oxygen atoms in total. The Morgan fingerprint density at radius 3 is 2.70 bits per heavy atom. The first-order chi connectivity index (χ1) is 13.2. The average Bonchev–Trinajstić information content (AvgIpc) is 2.61. The van der Waals surface area contributed by atoms with Gasteiger partial charge in [-0.3, -0.25) is 9.69 Å². The summed E-state index contributed by atoms with van der Waals surface area (Å²) in [4.78, 5) is 24.8. The van der Waals surface area contributed by atoms with Gasteiger partial charge >= 0.3 is 0 Å². The van der Waals surface area contributed by atoms with Crippen LogP contribution in [0.1, 0.15) is 30.7 Å². The Kier molecular flexibility index (Phi) is 5.86. The van der Waals surface area contributed by atoms with E-state index < -0.39 is 0 Å². The maximum absolute atomic E-state index is 12.3. The van der Waals surface area contributed by atoms with Crippen molar-refractivity contribution >= 4 is 10.9 Å². The predicted octanol–water partition coefficient (Wildman–Crippen LogP) is 1.96.